The van der Waals surface area contributed by atoms with Gasteiger partial charge in [0.1, 0.15) is 12.1 Å². The molecule has 0 radical (unpaired) electrons. The van der Waals surface area contributed by atoms with Crippen molar-refractivity contribution in [2.45, 2.75) is 81.5 Å². The van der Waals surface area contributed by atoms with Crippen LogP contribution in [0.2, 0.25) is 0 Å². The molecule has 2 fully saturated rings. The van der Waals surface area contributed by atoms with Crippen LogP contribution in [0.15, 0.2) is 30.3 Å². The van der Waals surface area contributed by atoms with Crippen molar-refractivity contribution in [1.29, 1.82) is 0 Å². The molecule has 6 N–H and O–H groups in total. The van der Waals surface area contributed by atoms with Crippen LogP contribution in [0.4, 0.5) is 0 Å². The molecule has 1 aromatic carbocycles. The number of rotatable bonds is 12. The van der Waals surface area contributed by atoms with Crippen molar-refractivity contribution < 1.29 is 24.6 Å². The number of benzene rings is 1. The van der Waals surface area contributed by atoms with Gasteiger partial charge in [0.2, 0.25) is 0 Å². The molecule has 32 heavy (non-hydrogen) atoms. The van der Waals surface area contributed by atoms with E-state index in [1.807, 2.05) is 30.3 Å². The van der Waals surface area contributed by atoms with Gasteiger partial charge in [-0.05, 0) is 63.0 Å². The zero-order chi connectivity index (χ0) is 23.3. The molecule has 0 spiro atoms. The van der Waals surface area contributed by atoms with E-state index in [1.165, 1.54) is 4.90 Å². The van der Waals surface area contributed by atoms with Gasteiger partial charge < -0.3 is 21.7 Å². The summed E-state index contributed by atoms with van der Waals surface area (Å²) in [6.07, 6.45) is 4.87. The molecule has 0 bridgehead atoms. The van der Waals surface area contributed by atoms with Crippen LogP contribution in [0.25, 0.3) is 0 Å². The molecule has 1 aliphatic carbocycles. The van der Waals surface area contributed by atoms with Crippen molar-refractivity contribution in [3.8, 4) is 0 Å². The number of nitrogens with zero attached hydrogens (tertiary/aromatic N) is 1. The van der Waals surface area contributed by atoms with Crippen molar-refractivity contribution in [2.75, 3.05) is 6.54 Å². The number of hydrogen-bond acceptors (Lipinski definition) is 6. The highest BCUT2D eigenvalue weighted by atomic mass is 16.4. The van der Waals surface area contributed by atoms with Crippen LogP contribution in [-0.2, 0) is 20.8 Å². The Labute approximate surface area is 189 Å². The average Bonchev–Trinajstić information content (AvgIpc) is 3.32. The van der Waals surface area contributed by atoms with Gasteiger partial charge in [0, 0.05) is 0 Å². The third-order valence-corrected chi connectivity index (χ3v) is 7.28. The Balaban J connectivity index is 1.93. The monoisotopic (exact) mass is 445 g/mol. The minimum Gasteiger partial charge on any atom is -0.480 e. The van der Waals surface area contributed by atoms with Gasteiger partial charge in [0.05, 0.1) is 11.6 Å². The number of unbranched alkanes of at least 4 members (excludes halogenated alkanes) is 1. The SMILES string of the molecule is NCCCCC(N)C(=O)[C@]12CCC[C@H]1C[C@@H](C(=O)O)N2C(CCc1ccccc1)C(=O)O. The maximum absolute atomic E-state index is 13.7. The molecule has 1 heterocycles. The van der Waals surface area contributed by atoms with E-state index >= 15 is 0 Å². The highest BCUT2D eigenvalue weighted by molar-refractivity contribution is 5.96. The second kappa shape index (κ2) is 10.6. The van der Waals surface area contributed by atoms with E-state index in [1.54, 1.807) is 0 Å². The maximum atomic E-state index is 13.7. The number of carboxylic acids is 2. The zero-order valence-corrected chi connectivity index (χ0v) is 18.5. The van der Waals surface area contributed by atoms with E-state index in [-0.39, 0.29) is 24.5 Å². The predicted molar refractivity (Wildman–Crippen MR) is 120 cm³/mol. The van der Waals surface area contributed by atoms with Crippen LogP contribution in [0.5, 0.6) is 0 Å². The fourth-order valence-electron chi connectivity index (χ4n) is 5.83. The lowest BCUT2D eigenvalue weighted by Crippen LogP contribution is -2.64. The maximum Gasteiger partial charge on any atom is 0.320 e. The van der Waals surface area contributed by atoms with Gasteiger partial charge in [0.25, 0.3) is 0 Å². The minimum atomic E-state index is -1.12. The van der Waals surface area contributed by atoms with E-state index in [0.717, 1.165) is 18.4 Å². The average molecular weight is 446 g/mol. The fraction of sp³-hybridized carbons (Fsp3) is 0.625. The predicted octanol–water partition coefficient (Wildman–Crippen LogP) is 1.80. The Morgan fingerprint density at radius 3 is 2.47 bits per heavy atom. The van der Waals surface area contributed by atoms with Crippen LogP contribution < -0.4 is 11.5 Å². The number of carbonyl (C=O) groups excluding carboxylic acids is 1. The highest BCUT2D eigenvalue weighted by Gasteiger charge is 2.64. The van der Waals surface area contributed by atoms with Gasteiger partial charge in [-0.15, -0.1) is 0 Å². The van der Waals surface area contributed by atoms with E-state index in [9.17, 15) is 24.6 Å². The van der Waals surface area contributed by atoms with Gasteiger partial charge in [-0.25, -0.2) is 0 Å². The summed E-state index contributed by atoms with van der Waals surface area (Å²) >= 11 is 0. The summed E-state index contributed by atoms with van der Waals surface area (Å²) in [5.74, 6) is -2.56. The lowest BCUT2D eigenvalue weighted by molar-refractivity contribution is -0.156. The van der Waals surface area contributed by atoms with Gasteiger partial charge >= 0.3 is 11.9 Å². The lowest BCUT2D eigenvalue weighted by Gasteiger charge is -2.43. The van der Waals surface area contributed by atoms with Crippen LogP contribution >= 0.6 is 0 Å². The first-order chi connectivity index (χ1) is 15.3. The number of ketones is 1. The summed E-state index contributed by atoms with van der Waals surface area (Å²) in [4.78, 5) is 39.9. The van der Waals surface area contributed by atoms with Crippen LogP contribution in [-0.4, -0.2) is 63.0 Å². The number of Topliss-reactive ketones (excluding diaryl/α,β-unsaturated/α-hetero) is 1. The van der Waals surface area contributed by atoms with Gasteiger partial charge in [0.15, 0.2) is 5.78 Å². The summed E-state index contributed by atoms with van der Waals surface area (Å²) in [6.45, 7) is 0.516. The number of carbonyl (C=O) groups is 3. The molecule has 3 rings (SSSR count). The van der Waals surface area contributed by atoms with Crippen LogP contribution in [0.1, 0.15) is 56.9 Å². The molecule has 1 saturated heterocycles. The second-order valence-electron chi connectivity index (χ2n) is 9.14. The van der Waals surface area contributed by atoms with Crippen LogP contribution in [0, 0.1) is 5.92 Å². The van der Waals surface area contributed by atoms with Crippen molar-refractivity contribution in [3.63, 3.8) is 0 Å². The molecule has 176 valence electrons. The lowest BCUT2D eigenvalue weighted by atomic mass is 9.79. The Morgan fingerprint density at radius 2 is 1.84 bits per heavy atom. The molecule has 2 aliphatic rings. The molecular formula is C24H35N3O5. The summed E-state index contributed by atoms with van der Waals surface area (Å²) in [5, 5.41) is 20.1. The minimum absolute atomic E-state index is 0.185. The number of likely N-dealkylation sites (tertiary alicyclic amines) is 1. The standard InChI is InChI=1S/C24H35N3O5/c25-14-5-4-10-18(26)21(28)24-13-6-9-17(24)15-20(23(31)32)27(24)19(22(29)30)12-11-16-7-2-1-3-8-16/h1-3,7-8,17-20H,4-6,9-15,25-26H2,(H,29,30)(H,31,32)/t17-,18?,19?,20-,24-/m0/s1. The summed E-state index contributed by atoms with van der Waals surface area (Å²) < 4.78 is 0. The number of hydrogen-bond donors (Lipinski definition) is 4. The second-order valence-corrected chi connectivity index (χ2v) is 9.14. The number of nitrogens with two attached hydrogens (primary N) is 2. The Hall–Kier alpha value is -2.29. The van der Waals surface area contributed by atoms with Crippen molar-refractivity contribution in [3.05, 3.63) is 35.9 Å². The fourth-order valence-corrected chi connectivity index (χ4v) is 5.83. The molecule has 0 aromatic heterocycles. The first-order valence-corrected chi connectivity index (χ1v) is 11.6. The zero-order valence-electron chi connectivity index (χ0n) is 18.5. The Kier molecular flexibility index (Phi) is 8.03. The Morgan fingerprint density at radius 1 is 1.12 bits per heavy atom. The third-order valence-electron chi connectivity index (χ3n) is 7.28. The Bertz CT molecular complexity index is 817. The molecule has 5 atom stereocenters. The largest absolute Gasteiger partial charge is 0.480 e. The molecule has 1 saturated carbocycles. The smallest absolute Gasteiger partial charge is 0.320 e. The number of aryl methyl sites for hydroxylation is 1. The third kappa shape index (κ3) is 4.72. The van der Waals surface area contributed by atoms with E-state index in [4.69, 9.17) is 11.5 Å². The topological polar surface area (TPSA) is 147 Å². The summed E-state index contributed by atoms with van der Waals surface area (Å²) in [6, 6.07) is 6.69. The summed E-state index contributed by atoms with van der Waals surface area (Å²) in [5.41, 5.74) is 11.7. The van der Waals surface area contributed by atoms with E-state index < -0.39 is 35.6 Å². The molecule has 1 aliphatic heterocycles. The molecule has 8 heteroatoms. The van der Waals surface area contributed by atoms with E-state index in [2.05, 4.69) is 0 Å². The normalized spacial score (nSPS) is 27.1. The van der Waals surface area contributed by atoms with Crippen molar-refractivity contribution >= 4 is 17.7 Å². The first kappa shape index (κ1) is 24.4. The first-order valence-electron chi connectivity index (χ1n) is 11.6. The highest BCUT2D eigenvalue weighted by Crippen LogP contribution is 2.52. The molecule has 2 unspecified atom stereocenters. The number of aliphatic carboxylic acids is 2. The number of carboxylic acid groups (broad SMARTS) is 2. The van der Waals surface area contributed by atoms with Gasteiger partial charge in [-0.2, -0.15) is 0 Å². The molecule has 1 aromatic rings. The molecular weight excluding hydrogens is 410 g/mol. The van der Waals surface area contributed by atoms with Crippen molar-refractivity contribution in [1.82, 2.24) is 4.90 Å². The quantitative estimate of drug-likeness (QED) is 0.356. The summed E-state index contributed by atoms with van der Waals surface area (Å²) in [7, 11) is 0. The number of fused-ring (bicyclic) bond motifs is 1. The van der Waals surface area contributed by atoms with Gasteiger partial charge in [-0.1, -0.05) is 43.2 Å². The molecule has 0 amide bonds. The van der Waals surface area contributed by atoms with Gasteiger partial charge in [-0.3, -0.25) is 19.3 Å². The van der Waals surface area contributed by atoms with E-state index in [0.29, 0.717) is 38.6 Å². The molecule has 8 nitrogen and oxygen atoms in total. The van der Waals surface area contributed by atoms with Crippen LogP contribution in [0.3, 0.4) is 0 Å². The van der Waals surface area contributed by atoms with Crippen molar-refractivity contribution in [2.24, 2.45) is 17.4 Å².